The van der Waals surface area contributed by atoms with Gasteiger partial charge in [-0.25, -0.2) is 0 Å². The lowest BCUT2D eigenvalue weighted by Gasteiger charge is -2.00. The van der Waals surface area contributed by atoms with Gasteiger partial charge in [0, 0.05) is 10.0 Å². The van der Waals surface area contributed by atoms with E-state index in [9.17, 15) is 4.79 Å². The zero-order valence-corrected chi connectivity index (χ0v) is 7.69. The summed E-state index contributed by atoms with van der Waals surface area (Å²) in [6, 6.07) is 4.95. The second-order valence-electron chi connectivity index (χ2n) is 2.38. The Morgan fingerprint density at radius 1 is 1.42 bits per heavy atom. The van der Waals surface area contributed by atoms with Gasteiger partial charge in [0.05, 0.1) is 6.42 Å². The molecule has 0 fully saturated rings. The van der Waals surface area contributed by atoms with Crippen LogP contribution in [0.25, 0.3) is 0 Å². The molecule has 0 aliphatic carbocycles. The fraction of sp³-hybridized carbons (Fsp3) is 0.125. The van der Waals surface area contributed by atoms with Crippen molar-refractivity contribution in [1.29, 1.82) is 0 Å². The molecular formula is C8H7Cl2NO. The highest BCUT2D eigenvalue weighted by molar-refractivity contribution is 6.35. The number of amides is 1. The number of hydrogen-bond acceptors (Lipinski definition) is 1. The Hall–Kier alpha value is -0.730. The Bertz CT molecular complexity index is 312. The van der Waals surface area contributed by atoms with E-state index < -0.39 is 5.91 Å². The number of hydrogen-bond donors (Lipinski definition) is 1. The van der Waals surface area contributed by atoms with Crippen molar-refractivity contribution in [3.63, 3.8) is 0 Å². The fourth-order valence-electron chi connectivity index (χ4n) is 0.853. The lowest BCUT2D eigenvalue weighted by Crippen LogP contribution is -2.13. The zero-order valence-electron chi connectivity index (χ0n) is 6.18. The van der Waals surface area contributed by atoms with Crippen LogP contribution in [0.4, 0.5) is 0 Å². The van der Waals surface area contributed by atoms with Crippen LogP contribution in [0.15, 0.2) is 18.2 Å². The van der Waals surface area contributed by atoms with Crippen molar-refractivity contribution in [3.05, 3.63) is 33.8 Å². The van der Waals surface area contributed by atoms with Crippen LogP contribution in [0.3, 0.4) is 0 Å². The Morgan fingerprint density at radius 2 is 2.08 bits per heavy atom. The van der Waals surface area contributed by atoms with Crippen LogP contribution in [0.2, 0.25) is 10.0 Å². The van der Waals surface area contributed by atoms with Gasteiger partial charge >= 0.3 is 0 Å². The van der Waals surface area contributed by atoms with E-state index in [1.54, 1.807) is 18.2 Å². The van der Waals surface area contributed by atoms with Crippen molar-refractivity contribution in [2.45, 2.75) is 6.42 Å². The van der Waals surface area contributed by atoms with Crippen LogP contribution in [0.5, 0.6) is 0 Å². The molecular weight excluding hydrogens is 197 g/mol. The minimum atomic E-state index is -0.403. The van der Waals surface area contributed by atoms with E-state index in [-0.39, 0.29) is 6.42 Å². The molecule has 12 heavy (non-hydrogen) atoms. The molecule has 0 aliphatic heterocycles. The van der Waals surface area contributed by atoms with E-state index in [0.29, 0.717) is 15.6 Å². The molecule has 1 amide bonds. The maximum atomic E-state index is 10.5. The molecule has 0 saturated heterocycles. The predicted octanol–water partition coefficient (Wildman–Crippen LogP) is 2.02. The van der Waals surface area contributed by atoms with E-state index in [1.165, 1.54) is 0 Å². The summed E-state index contributed by atoms with van der Waals surface area (Å²) in [5.41, 5.74) is 5.70. The van der Waals surface area contributed by atoms with Crippen LogP contribution in [0.1, 0.15) is 5.56 Å². The first-order valence-electron chi connectivity index (χ1n) is 3.32. The summed E-state index contributed by atoms with van der Waals surface area (Å²) in [5, 5.41) is 1.02. The first-order chi connectivity index (χ1) is 5.59. The van der Waals surface area contributed by atoms with Gasteiger partial charge in [0.25, 0.3) is 0 Å². The molecule has 0 unspecified atom stereocenters. The van der Waals surface area contributed by atoms with Crippen molar-refractivity contribution in [3.8, 4) is 0 Å². The smallest absolute Gasteiger partial charge is 0.221 e. The molecule has 0 saturated carbocycles. The minimum absolute atomic E-state index is 0.149. The van der Waals surface area contributed by atoms with E-state index in [0.717, 1.165) is 0 Å². The highest BCUT2D eigenvalue weighted by atomic mass is 35.5. The maximum Gasteiger partial charge on any atom is 0.221 e. The SMILES string of the molecule is NC(=O)Cc1ccc(Cl)cc1Cl. The average Bonchev–Trinajstić information content (AvgIpc) is 1.94. The van der Waals surface area contributed by atoms with Gasteiger partial charge in [-0.05, 0) is 17.7 Å². The van der Waals surface area contributed by atoms with E-state index in [2.05, 4.69) is 0 Å². The van der Waals surface area contributed by atoms with E-state index >= 15 is 0 Å². The zero-order chi connectivity index (χ0) is 9.14. The Morgan fingerprint density at radius 3 is 2.58 bits per heavy atom. The summed E-state index contributed by atoms with van der Waals surface area (Å²) < 4.78 is 0. The molecule has 0 aromatic heterocycles. The number of benzene rings is 1. The van der Waals surface area contributed by atoms with E-state index in [4.69, 9.17) is 28.9 Å². The Balaban J connectivity index is 2.93. The number of nitrogens with two attached hydrogens (primary N) is 1. The molecule has 0 bridgehead atoms. The number of carbonyl (C=O) groups excluding carboxylic acids is 1. The third kappa shape index (κ3) is 2.40. The number of halogens is 2. The highest BCUT2D eigenvalue weighted by Crippen LogP contribution is 2.20. The predicted molar refractivity (Wildman–Crippen MR) is 49.4 cm³/mol. The van der Waals surface area contributed by atoms with E-state index in [1.807, 2.05) is 0 Å². The molecule has 1 aromatic carbocycles. The molecule has 2 N–H and O–H groups in total. The van der Waals surface area contributed by atoms with Gasteiger partial charge < -0.3 is 5.73 Å². The molecule has 0 heterocycles. The fourth-order valence-corrected chi connectivity index (χ4v) is 1.33. The standard InChI is InChI=1S/C8H7Cl2NO/c9-6-2-1-5(3-8(11)12)7(10)4-6/h1-2,4H,3H2,(H2,11,12). The van der Waals surface area contributed by atoms with Crippen LogP contribution < -0.4 is 5.73 Å². The number of rotatable bonds is 2. The van der Waals surface area contributed by atoms with Gasteiger partial charge in [-0.2, -0.15) is 0 Å². The summed E-state index contributed by atoms with van der Waals surface area (Å²) in [5.74, 6) is -0.403. The summed E-state index contributed by atoms with van der Waals surface area (Å²) in [4.78, 5) is 10.5. The van der Waals surface area contributed by atoms with Crippen LogP contribution in [-0.2, 0) is 11.2 Å². The Kier molecular flexibility index (Phi) is 2.95. The molecule has 0 atom stereocenters. The molecule has 0 aliphatic rings. The molecule has 4 heteroatoms. The largest absolute Gasteiger partial charge is 0.369 e. The third-order valence-corrected chi connectivity index (χ3v) is 1.97. The second kappa shape index (κ2) is 3.78. The van der Waals surface area contributed by atoms with Crippen LogP contribution in [-0.4, -0.2) is 5.91 Å². The molecule has 64 valence electrons. The van der Waals surface area contributed by atoms with Crippen LogP contribution in [0, 0.1) is 0 Å². The van der Waals surface area contributed by atoms with Gasteiger partial charge in [0.15, 0.2) is 0 Å². The lowest BCUT2D eigenvalue weighted by molar-refractivity contribution is -0.117. The average molecular weight is 204 g/mol. The van der Waals surface area contributed by atoms with Gasteiger partial charge in [0.1, 0.15) is 0 Å². The van der Waals surface area contributed by atoms with Crippen molar-refractivity contribution in [2.75, 3.05) is 0 Å². The van der Waals surface area contributed by atoms with Gasteiger partial charge in [-0.15, -0.1) is 0 Å². The number of primary amides is 1. The van der Waals surface area contributed by atoms with Gasteiger partial charge in [0.2, 0.25) is 5.91 Å². The second-order valence-corrected chi connectivity index (χ2v) is 3.22. The van der Waals surface area contributed by atoms with Gasteiger partial charge in [-0.3, -0.25) is 4.79 Å². The summed E-state index contributed by atoms with van der Waals surface area (Å²) in [7, 11) is 0. The van der Waals surface area contributed by atoms with Gasteiger partial charge in [-0.1, -0.05) is 29.3 Å². The summed E-state index contributed by atoms with van der Waals surface area (Å²) in [6.07, 6.45) is 0.149. The number of carbonyl (C=O) groups is 1. The summed E-state index contributed by atoms with van der Waals surface area (Å²) in [6.45, 7) is 0. The molecule has 0 radical (unpaired) electrons. The molecule has 2 nitrogen and oxygen atoms in total. The first kappa shape index (κ1) is 9.36. The highest BCUT2D eigenvalue weighted by Gasteiger charge is 2.03. The van der Waals surface area contributed by atoms with Crippen molar-refractivity contribution < 1.29 is 4.79 Å². The monoisotopic (exact) mass is 203 g/mol. The van der Waals surface area contributed by atoms with Crippen molar-refractivity contribution in [2.24, 2.45) is 5.73 Å². The third-order valence-electron chi connectivity index (χ3n) is 1.38. The van der Waals surface area contributed by atoms with Crippen molar-refractivity contribution >= 4 is 29.1 Å². The molecule has 1 rings (SSSR count). The molecule has 0 spiro atoms. The lowest BCUT2D eigenvalue weighted by atomic mass is 10.1. The van der Waals surface area contributed by atoms with Crippen molar-refractivity contribution in [1.82, 2.24) is 0 Å². The Labute approximate surface area is 80.3 Å². The topological polar surface area (TPSA) is 43.1 Å². The van der Waals surface area contributed by atoms with Crippen LogP contribution >= 0.6 is 23.2 Å². The molecule has 1 aromatic rings. The maximum absolute atomic E-state index is 10.5. The minimum Gasteiger partial charge on any atom is -0.369 e. The first-order valence-corrected chi connectivity index (χ1v) is 4.07. The quantitative estimate of drug-likeness (QED) is 0.786. The summed E-state index contributed by atoms with van der Waals surface area (Å²) >= 11 is 11.4. The normalized spacial score (nSPS) is 9.83.